The second-order valence-electron chi connectivity index (χ2n) is 25.0. The quantitative estimate of drug-likeness (QED) is 0.0187. The number of aryl methyl sites for hydroxylation is 1. The predicted molar refractivity (Wildman–Crippen MR) is 460 cm³/mol. The summed E-state index contributed by atoms with van der Waals surface area (Å²) in [5, 5.41) is 81.8. The van der Waals surface area contributed by atoms with E-state index < -0.39 is 82.8 Å². The van der Waals surface area contributed by atoms with Crippen LogP contribution in [-0.2, 0) is 9.84 Å². The van der Waals surface area contributed by atoms with Crippen molar-refractivity contribution in [3.05, 3.63) is 274 Å². The third-order valence-corrected chi connectivity index (χ3v) is 15.1. The number of alkyl halides is 3. The number of nitrogens with two attached hydrogens (primary N) is 1. The fraction of sp³-hybridized carbons (Fsp3) is 0.221. The minimum absolute atomic E-state index is 0. The number of nitro benzene ring substituents is 4. The predicted octanol–water partition coefficient (Wildman–Crippen LogP) is 3.82. The Hall–Kier alpha value is -10.5. The number of nitro groups is 4. The Bertz CT molecular complexity index is 5370. The zero-order chi connectivity index (χ0) is 96.1. The van der Waals surface area contributed by atoms with Gasteiger partial charge in [-0.05, 0) is 85.8 Å². The van der Waals surface area contributed by atoms with Gasteiger partial charge < -0.3 is 81.1 Å². The Kier molecular flexibility index (Phi) is 61.5. The van der Waals surface area contributed by atoms with Crippen molar-refractivity contribution < 1.29 is 220 Å². The number of nitrogen functional groups attached to an aromatic ring is 1. The number of halogens is 10. The minimum Gasteiger partial charge on any atom is 1.00 e. The van der Waals surface area contributed by atoms with E-state index in [1.54, 1.807) is 115 Å². The SMILES string of the molecule is CC(C)(C)[O-].CN(C)c1cc(O)ccc1[N+](=O)[O-].CNC(=O)c1cc(Cl)ccn1.CNC(=O)c1cc(Oc2ccc(N)c([18F])c2)ccn1.CNC(=O)c1cc(Oc2ccc([N+](=O)[O-])c(C)c2)ccn1.CNC(=O)c1cc(Oc2ccc([N+](=O)[O-])c(N(C)C)c2)ccn1.CNC(=O)c1cc(Oc2ccc([N+](=O)[O-])c([18F])c2)ccn1.CO.CS(=O)(=O)C(F)(F)F.F.[18F-].[Cl][Sn][Cl].[K+].[K+]. The van der Waals surface area contributed by atoms with E-state index in [1.807, 2.05) is 0 Å². The molecule has 5 amide bonds. The van der Waals surface area contributed by atoms with Crippen molar-refractivity contribution >= 4 is 128 Å². The molecule has 0 aliphatic heterocycles. The van der Waals surface area contributed by atoms with Gasteiger partial charge in [0, 0.05) is 191 Å². The molecule has 0 fully saturated rings. The second-order valence-corrected chi connectivity index (χ2v) is 31.6. The zero-order valence-electron chi connectivity index (χ0n) is 72.1. The van der Waals surface area contributed by atoms with Crippen LogP contribution in [0.5, 0.6) is 51.7 Å². The molecule has 0 saturated carbocycles. The number of carbonyl (C=O) groups is 5. The molecule has 2 radical (unpaired) electrons. The van der Waals surface area contributed by atoms with Crippen LogP contribution in [0.15, 0.2) is 183 Å². The summed E-state index contributed by atoms with van der Waals surface area (Å²) in [7, 11) is 20.4. The van der Waals surface area contributed by atoms with Crippen molar-refractivity contribution in [3.63, 3.8) is 0 Å². The van der Waals surface area contributed by atoms with E-state index in [0.29, 0.717) is 62.2 Å². The number of hydrogen-bond donors (Lipinski definition) is 8. The number of nitrogens with one attached hydrogen (secondary N) is 5. The van der Waals surface area contributed by atoms with Gasteiger partial charge in [-0.1, -0.05) is 32.4 Å². The molecule has 9 N–H and O–H groups in total. The van der Waals surface area contributed by atoms with Gasteiger partial charge in [0.1, 0.15) is 97.4 Å². The maximum absolute atomic E-state index is 13.5. The number of anilines is 3. The molecule has 0 bridgehead atoms. The van der Waals surface area contributed by atoms with Gasteiger partial charge in [0.2, 0.25) is 15.7 Å². The summed E-state index contributed by atoms with van der Waals surface area (Å²) in [6.45, 7) is 6.53. The number of pyridine rings is 5. The number of aromatic nitrogens is 5. The summed E-state index contributed by atoms with van der Waals surface area (Å²) in [5.41, 5.74) is 1.41. The number of hydrogen-bond acceptors (Lipinski definition) is 30. The van der Waals surface area contributed by atoms with Gasteiger partial charge in [0.25, 0.3) is 46.6 Å². The van der Waals surface area contributed by atoms with Crippen molar-refractivity contribution in [2.24, 2.45) is 0 Å². The van der Waals surface area contributed by atoms with E-state index in [0.717, 1.165) is 19.2 Å². The Morgan fingerprint density at radius 1 is 0.462 bits per heavy atom. The molecule has 10 rings (SSSR count). The van der Waals surface area contributed by atoms with Crippen molar-refractivity contribution in [2.75, 3.05) is 92.3 Å². The molecule has 53 heteroatoms. The number of ether oxygens (including phenoxy) is 4. The molecule has 0 atom stereocenters. The van der Waals surface area contributed by atoms with Gasteiger partial charge in [0.05, 0.1) is 25.4 Å². The number of sulfone groups is 1. The number of carbonyl (C=O) groups excluding carboxylic acids is 5. The summed E-state index contributed by atoms with van der Waals surface area (Å²) < 4.78 is 101. The monoisotopic (exact) mass is 2060 g/mol. The van der Waals surface area contributed by atoms with Gasteiger partial charge in [0.15, 0.2) is 0 Å². The maximum Gasteiger partial charge on any atom is 1.00 e. The molecule has 0 aliphatic rings. The van der Waals surface area contributed by atoms with Crippen LogP contribution >= 0.6 is 29.4 Å². The molecule has 0 unspecified atom stereocenters. The van der Waals surface area contributed by atoms with Crippen LogP contribution < -0.4 is 174 Å². The third-order valence-electron chi connectivity index (χ3n) is 14.0. The first-order valence-electron chi connectivity index (χ1n) is 35.0. The number of aliphatic hydroxyl groups is 1. The van der Waals surface area contributed by atoms with Crippen LogP contribution in [0, 0.1) is 59.0 Å². The Morgan fingerprint density at radius 2 is 0.708 bits per heavy atom. The van der Waals surface area contributed by atoms with Gasteiger partial charge in [-0.15, -0.1) is 5.60 Å². The average molecular weight is 2070 g/mol. The van der Waals surface area contributed by atoms with Gasteiger partial charge in [-0.2, -0.15) is 17.6 Å². The van der Waals surface area contributed by atoms with Crippen molar-refractivity contribution in [3.8, 4) is 51.7 Å². The number of nitrogens with zero attached hydrogens (tertiary/aromatic N) is 11. The molecule has 130 heavy (non-hydrogen) atoms. The molecule has 0 saturated heterocycles. The van der Waals surface area contributed by atoms with Crippen molar-refractivity contribution in [1.82, 2.24) is 51.5 Å². The first-order valence-corrected chi connectivity index (χ1v) is 44.5. The van der Waals surface area contributed by atoms with E-state index >= 15 is 0 Å². The molecular formula is C77H85Cl3F7K2N17O22SSn. The standard InChI is InChI=1S/C15H16N4O4.C14H13N3O4.C13H10FN3O4.C13H12FN3O2.C8H10N2O3.C7H7ClN2O.C4H9O.C2H3F3O2S.CH4O.2ClH.2FH.2K.Sn/c1-16-15(20)12-8-11(6-7-17-12)23-10-4-5-13(19(21)22)14(9-10)18(2)3;1-9-7-10(3-4-13(9)17(19)20)21-11-5-6-16-12(8-11)14(18)15-2;1-15-13(18)11-7-9(4-5-16-11)21-8-2-3-12(17(19)20)10(14)6-8;1-16-13(18)12-7-9(4-5-17-12)19-8-2-3-11(15)10(14)6-8;1-9(2)8-5-6(11)3-4-7(8)10(12)13;1-9-7(11)6-4-5(8)2-3-10-6;1-4(2,3)5;1-8(6,7)2(3,4)5;1-2;;;;;;;/h4-9H,1-3H3,(H,16,20);3-8H,1-2H3,(H,15,18);2-7H,1H3,(H,15,18);2-7H,15H2,1H3,(H,16,18);3-5,11H,1-2H3;2-4H,1H3,(H,9,11);1-3H3;1H3;2H,1H3;4*1H;;;/q;;;;;;-1;;;;;;;2*+1;+2/p-3/i;;2*14-1;;;;;;;;1-1;;;;. The summed E-state index contributed by atoms with van der Waals surface area (Å²) in [6, 6.07) is 35.4. The number of benzene rings is 5. The second kappa shape index (κ2) is 63.5. The Morgan fingerprint density at radius 3 is 0.977 bits per heavy atom. The van der Waals surface area contributed by atoms with Crippen LogP contribution in [-0.4, -0.2) is 200 Å². The molecule has 5 aromatic carbocycles. The zero-order valence-corrected chi connectivity index (χ0v) is 84.3. The molecule has 39 nitrogen and oxygen atoms in total. The van der Waals surface area contributed by atoms with Gasteiger partial charge in [-0.3, -0.25) is 94.1 Å². The summed E-state index contributed by atoms with van der Waals surface area (Å²) in [4.78, 5) is 120. The molecular weight excluding hydrogens is 1980 g/mol. The van der Waals surface area contributed by atoms with Crippen molar-refractivity contribution in [1.29, 1.82) is 0 Å². The third kappa shape index (κ3) is 47.4. The number of aliphatic hydroxyl groups excluding tert-OH is 1. The van der Waals surface area contributed by atoms with E-state index in [4.69, 9.17) is 64.3 Å². The normalized spacial score (nSPS) is 9.73. The number of rotatable bonds is 19. The van der Waals surface area contributed by atoms with Gasteiger partial charge in [-0.25, -0.2) is 12.8 Å². The van der Waals surface area contributed by atoms with Crippen LogP contribution in [0.25, 0.3) is 0 Å². The first kappa shape index (κ1) is 126. The smallest absolute Gasteiger partial charge is 1.00 e. The molecule has 0 spiro atoms. The fourth-order valence-electron chi connectivity index (χ4n) is 8.38. The molecule has 5 aromatic heterocycles. The van der Waals surface area contributed by atoms with Crippen LogP contribution in [0.2, 0.25) is 5.02 Å². The molecule has 692 valence electrons. The number of phenols is 1. The molecule has 5 heterocycles. The largest absolute Gasteiger partial charge is 1.00 e. The average Bonchev–Trinajstić information content (AvgIpc) is 0.827. The Labute approximate surface area is 846 Å². The number of phenolic OH excluding ortho intramolecular Hbond substituents is 1. The van der Waals surface area contributed by atoms with Gasteiger partial charge >= 0.3 is 151 Å². The van der Waals surface area contributed by atoms with Crippen LogP contribution in [0.3, 0.4) is 0 Å². The Balaban J connectivity index is -0.000000709. The van der Waals surface area contributed by atoms with Crippen molar-refractivity contribution in [2.45, 2.75) is 38.8 Å². The molecule has 0 aliphatic carbocycles. The first-order chi connectivity index (χ1) is 58.9. The van der Waals surface area contributed by atoms with E-state index in [2.05, 4.69) is 51.5 Å². The number of amides is 5. The summed E-state index contributed by atoms with van der Waals surface area (Å²) >= 11 is 4.80. The van der Waals surface area contributed by atoms with Crippen LogP contribution in [0.4, 0.5) is 66.5 Å². The summed E-state index contributed by atoms with van der Waals surface area (Å²) in [6.07, 6.45) is 7.32. The molecule has 10 aromatic rings. The van der Waals surface area contributed by atoms with E-state index in [-0.39, 0.29) is 205 Å². The minimum atomic E-state index is -5.09. The fourth-order valence-corrected chi connectivity index (χ4v) is 8.54. The maximum atomic E-state index is 13.5. The number of aromatic hydroxyl groups is 1. The van der Waals surface area contributed by atoms with E-state index in [1.165, 1.54) is 156 Å². The van der Waals surface area contributed by atoms with Crippen LogP contribution in [0.1, 0.15) is 78.8 Å². The summed E-state index contributed by atoms with van der Waals surface area (Å²) in [5.74, 6) is -0.396. The van der Waals surface area contributed by atoms with E-state index in [9.17, 15) is 99.9 Å². The topological polar surface area (TPSA) is 550 Å².